The summed E-state index contributed by atoms with van der Waals surface area (Å²) in [5.74, 6) is 0. The Hall–Kier alpha value is -1.54. The fourth-order valence-corrected chi connectivity index (χ4v) is 1.81. The largest absolute Gasteiger partial charge is 0.501 e. The van der Waals surface area contributed by atoms with Crippen LogP contribution in [0.3, 0.4) is 0 Å². The van der Waals surface area contributed by atoms with E-state index in [2.05, 4.69) is 6.58 Å². The lowest BCUT2D eigenvalue weighted by molar-refractivity contribution is 0.0625. The second kappa shape index (κ2) is 6.58. The zero-order valence-electron chi connectivity index (χ0n) is 12.3. The lowest BCUT2D eigenvalue weighted by Gasteiger charge is -2.28. The van der Waals surface area contributed by atoms with E-state index in [1.165, 1.54) is 0 Å². The quantitative estimate of drug-likeness (QED) is 0.630. The van der Waals surface area contributed by atoms with Crippen molar-refractivity contribution in [1.29, 1.82) is 0 Å². The van der Waals surface area contributed by atoms with Crippen LogP contribution in [0.1, 0.15) is 44.9 Å². The zero-order chi connectivity index (χ0) is 14.5. The average molecular weight is 260 g/mol. The second-order valence-electron chi connectivity index (χ2n) is 5.64. The van der Waals surface area contributed by atoms with E-state index in [0.717, 1.165) is 16.7 Å². The van der Waals surface area contributed by atoms with Crippen molar-refractivity contribution in [1.82, 2.24) is 0 Å². The summed E-state index contributed by atoms with van der Waals surface area (Å²) in [6, 6.07) is 7.81. The summed E-state index contributed by atoms with van der Waals surface area (Å²) in [7, 11) is 0. The van der Waals surface area contributed by atoms with E-state index in [1.54, 1.807) is 6.26 Å². The molecule has 0 aliphatic heterocycles. The molecular formula is C17H24O2. The van der Waals surface area contributed by atoms with Crippen molar-refractivity contribution >= 4 is 5.57 Å². The van der Waals surface area contributed by atoms with Gasteiger partial charge in [-0.05, 0) is 35.1 Å². The van der Waals surface area contributed by atoms with E-state index < -0.39 is 6.10 Å². The zero-order valence-corrected chi connectivity index (χ0v) is 12.3. The summed E-state index contributed by atoms with van der Waals surface area (Å²) in [6.45, 7) is 12.7. The lowest BCUT2D eigenvalue weighted by Crippen LogP contribution is -2.19. The van der Waals surface area contributed by atoms with E-state index >= 15 is 0 Å². The van der Waals surface area contributed by atoms with Gasteiger partial charge >= 0.3 is 0 Å². The van der Waals surface area contributed by atoms with Gasteiger partial charge in [0.15, 0.2) is 0 Å². The highest BCUT2D eigenvalue weighted by atomic mass is 16.5. The van der Waals surface area contributed by atoms with Crippen molar-refractivity contribution in [2.24, 2.45) is 5.41 Å². The maximum atomic E-state index is 10.5. The van der Waals surface area contributed by atoms with Gasteiger partial charge in [0.2, 0.25) is 0 Å². The molecule has 1 rings (SSSR count). The molecule has 2 heteroatoms. The molecule has 0 bridgehead atoms. The highest BCUT2D eigenvalue weighted by molar-refractivity contribution is 5.74. The van der Waals surface area contributed by atoms with E-state index in [9.17, 15) is 5.11 Å². The van der Waals surface area contributed by atoms with Gasteiger partial charge in [-0.25, -0.2) is 0 Å². The highest BCUT2D eigenvalue weighted by Gasteiger charge is 2.25. The van der Waals surface area contributed by atoms with Crippen LogP contribution in [0.4, 0.5) is 0 Å². The number of hydrogen-bond acceptors (Lipinski definition) is 2. The summed E-state index contributed by atoms with van der Waals surface area (Å²) in [6.07, 6.45) is 2.95. The molecule has 0 saturated heterocycles. The SMILES string of the molecule is C=C(/C=C/OCC)c1ccccc1C(O)C(C)(C)C. The third-order valence-corrected chi connectivity index (χ3v) is 2.95. The normalized spacial score (nSPS) is 13.5. The standard InChI is InChI=1S/C17H24O2/c1-6-19-12-11-13(2)14-9-7-8-10-15(14)16(18)17(3,4)5/h7-12,16,18H,2,6H2,1,3-5H3/b12-11+. The molecule has 1 unspecified atom stereocenters. The first kappa shape index (κ1) is 15.5. The molecule has 0 radical (unpaired) electrons. The van der Waals surface area contributed by atoms with Crippen LogP contribution in [0, 0.1) is 5.41 Å². The van der Waals surface area contributed by atoms with Gasteiger partial charge in [-0.1, -0.05) is 51.6 Å². The second-order valence-corrected chi connectivity index (χ2v) is 5.64. The molecule has 104 valence electrons. The van der Waals surface area contributed by atoms with E-state index in [4.69, 9.17) is 4.74 Å². The Morgan fingerprint density at radius 1 is 1.37 bits per heavy atom. The minimum atomic E-state index is -0.527. The number of hydrogen-bond donors (Lipinski definition) is 1. The Morgan fingerprint density at radius 2 is 2.00 bits per heavy atom. The molecule has 0 aliphatic carbocycles. The first-order valence-electron chi connectivity index (χ1n) is 6.62. The Balaban J connectivity index is 3.06. The van der Waals surface area contributed by atoms with Crippen LogP contribution < -0.4 is 0 Å². The Labute approximate surface area is 116 Å². The predicted octanol–water partition coefficient (Wildman–Crippen LogP) is 4.33. The van der Waals surface area contributed by atoms with Gasteiger partial charge in [-0.15, -0.1) is 0 Å². The molecule has 0 fully saturated rings. The molecule has 0 spiro atoms. The fourth-order valence-electron chi connectivity index (χ4n) is 1.81. The van der Waals surface area contributed by atoms with Crippen molar-refractivity contribution in [3.8, 4) is 0 Å². The molecule has 0 saturated carbocycles. The third-order valence-electron chi connectivity index (χ3n) is 2.95. The highest BCUT2D eigenvalue weighted by Crippen LogP contribution is 2.36. The van der Waals surface area contributed by atoms with Crippen molar-refractivity contribution in [3.05, 3.63) is 54.3 Å². The maximum Gasteiger partial charge on any atom is 0.0845 e. The van der Waals surface area contributed by atoms with Crippen molar-refractivity contribution in [2.45, 2.75) is 33.8 Å². The molecule has 0 aliphatic rings. The smallest absolute Gasteiger partial charge is 0.0845 e. The minimum Gasteiger partial charge on any atom is -0.501 e. The van der Waals surface area contributed by atoms with Crippen molar-refractivity contribution in [2.75, 3.05) is 6.61 Å². The van der Waals surface area contributed by atoms with Gasteiger partial charge in [0.1, 0.15) is 0 Å². The Bertz CT molecular complexity index is 453. The van der Waals surface area contributed by atoms with E-state index in [1.807, 2.05) is 58.0 Å². The molecule has 0 heterocycles. The number of aliphatic hydroxyl groups is 1. The predicted molar refractivity (Wildman–Crippen MR) is 80.7 cm³/mol. The Morgan fingerprint density at radius 3 is 2.58 bits per heavy atom. The van der Waals surface area contributed by atoms with E-state index in [0.29, 0.717) is 6.61 Å². The van der Waals surface area contributed by atoms with Crippen LogP contribution in [0.5, 0.6) is 0 Å². The van der Waals surface area contributed by atoms with Gasteiger partial charge in [0.05, 0.1) is 19.0 Å². The van der Waals surface area contributed by atoms with Gasteiger partial charge in [0, 0.05) is 0 Å². The van der Waals surface area contributed by atoms with Crippen LogP contribution in [-0.4, -0.2) is 11.7 Å². The molecule has 0 aromatic heterocycles. The summed E-state index contributed by atoms with van der Waals surface area (Å²) < 4.78 is 5.19. The summed E-state index contributed by atoms with van der Waals surface area (Å²) in [4.78, 5) is 0. The lowest BCUT2D eigenvalue weighted by atomic mass is 9.82. The van der Waals surface area contributed by atoms with Gasteiger partial charge in [0.25, 0.3) is 0 Å². The Kier molecular flexibility index (Phi) is 5.37. The van der Waals surface area contributed by atoms with Crippen LogP contribution in [0.15, 0.2) is 43.2 Å². The van der Waals surface area contributed by atoms with Gasteiger partial charge in [-0.2, -0.15) is 0 Å². The number of rotatable bonds is 5. The first-order valence-corrected chi connectivity index (χ1v) is 6.62. The summed E-state index contributed by atoms with van der Waals surface area (Å²) >= 11 is 0. The molecule has 19 heavy (non-hydrogen) atoms. The molecular weight excluding hydrogens is 236 g/mol. The number of benzene rings is 1. The number of ether oxygens (including phenoxy) is 1. The first-order chi connectivity index (χ1) is 8.88. The van der Waals surface area contributed by atoms with Gasteiger partial charge < -0.3 is 9.84 Å². The molecule has 1 aromatic carbocycles. The number of allylic oxidation sites excluding steroid dienone is 2. The monoisotopic (exact) mass is 260 g/mol. The van der Waals surface area contributed by atoms with Crippen LogP contribution in [-0.2, 0) is 4.74 Å². The molecule has 1 aromatic rings. The van der Waals surface area contributed by atoms with Crippen LogP contribution >= 0.6 is 0 Å². The number of aliphatic hydroxyl groups excluding tert-OH is 1. The van der Waals surface area contributed by atoms with Crippen LogP contribution in [0.25, 0.3) is 5.57 Å². The van der Waals surface area contributed by atoms with Crippen LogP contribution in [0.2, 0.25) is 0 Å². The molecule has 1 N–H and O–H groups in total. The minimum absolute atomic E-state index is 0.208. The maximum absolute atomic E-state index is 10.5. The fraction of sp³-hybridized carbons (Fsp3) is 0.412. The summed E-state index contributed by atoms with van der Waals surface area (Å²) in [5.41, 5.74) is 2.49. The molecule has 2 nitrogen and oxygen atoms in total. The average Bonchev–Trinajstić information content (AvgIpc) is 2.37. The van der Waals surface area contributed by atoms with Crippen molar-refractivity contribution < 1.29 is 9.84 Å². The topological polar surface area (TPSA) is 29.5 Å². The molecule has 1 atom stereocenters. The molecule has 0 amide bonds. The third kappa shape index (κ3) is 4.25. The van der Waals surface area contributed by atoms with E-state index in [-0.39, 0.29) is 5.41 Å². The summed E-state index contributed by atoms with van der Waals surface area (Å²) in [5, 5.41) is 10.5. The van der Waals surface area contributed by atoms with Gasteiger partial charge in [-0.3, -0.25) is 0 Å². The van der Waals surface area contributed by atoms with Crippen molar-refractivity contribution in [3.63, 3.8) is 0 Å².